The van der Waals surface area contributed by atoms with Gasteiger partial charge < -0.3 is 19.7 Å². The molecule has 0 aliphatic carbocycles. The van der Waals surface area contributed by atoms with Crippen LogP contribution in [0.2, 0.25) is 0 Å². The number of methoxy groups -OCH3 is 1. The first-order valence-corrected chi connectivity index (χ1v) is 9.93. The topological polar surface area (TPSA) is 67.9 Å². The lowest BCUT2D eigenvalue weighted by atomic mass is 10.2. The molecule has 0 saturated heterocycles. The van der Waals surface area contributed by atoms with E-state index in [4.69, 9.17) is 9.47 Å². The van der Waals surface area contributed by atoms with Crippen LogP contribution >= 0.6 is 15.9 Å². The van der Waals surface area contributed by atoms with E-state index in [-0.39, 0.29) is 18.4 Å². The maximum atomic E-state index is 12.3. The van der Waals surface area contributed by atoms with Crippen LogP contribution in [-0.4, -0.2) is 44.0 Å². The predicted molar refractivity (Wildman–Crippen MR) is 118 cm³/mol. The number of carbonyl (C=O) groups excluding carboxylic acids is 2. The summed E-state index contributed by atoms with van der Waals surface area (Å²) in [5.74, 6) is 0.706. The largest absolute Gasteiger partial charge is 0.493 e. The van der Waals surface area contributed by atoms with Gasteiger partial charge in [-0.15, -0.1) is 0 Å². The Bertz CT molecular complexity index is 912. The Labute approximate surface area is 179 Å². The van der Waals surface area contributed by atoms with Crippen molar-refractivity contribution >= 4 is 39.5 Å². The number of benzene rings is 2. The summed E-state index contributed by atoms with van der Waals surface area (Å²) in [6.07, 6.45) is 3.10. The van der Waals surface area contributed by atoms with E-state index in [0.717, 1.165) is 21.3 Å². The van der Waals surface area contributed by atoms with Crippen molar-refractivity contribution in [1.82, 2.24) is 4.90 Å². The van der Waals surface area contributed by atoms with Crippen molar-refractivity contribution in [2.24, 2.45) is 0 Å². The van der Waals surface area contributed by atoms with Gasteiger partial charge in [0, 0.05) is 23.3 Å². The SMILES string of the molecule is CCOc1ccc(/C=C/C(=O)N(C)CC(=O)Nc2ccc(Br)cc2C)cc1OC. The Morgan fingerprint density at radius 1 is 1.17 bits per heavy atom. The van der Waals surface area contributed by atoms with Crippen molar-refractivity contribution in [1.29, 1.82) is 0 Å². The average molecular weight is 461 g/mol. The van der Waals surface area contributed by atoms with Gasteiger partial charge in [0.25, 0.3) is 0 Å². The predicted octanol–water partition coefficient (Wildman–Crippen LogP) is 4.28. The number of hydrogen-bond acceptors (Lipinski definition) is 4. The molecule has 1 N–H and O–H groups in total. The van der Waals surface area contributed by atoms with Crippen molar-refractivity contribution in [3.8, 4) is 11.5 Å². The van der Waals surface area contributed by atoms with Gasteiger partial charge in [-0.1, -0.05) is 22.0 Å². The van der Waals surface area contributed by atoms with Gasteiger partial charge in [0.1, 0.15) is 0 Å². The normalized spacial score (nSPS) is 10.7. The van der Waals surface area contributed by atoms with E-state index in [9.17, 15) is 9.59 Å². The summed E-state index contributed by atoms with van der Waals surface area (Å²) >= 11 is 3.39. The van der Waals surface area contributed by atoms with Crippen LogP contribution in [0.25, 0.3) is 6.08 Å². The average Bonchev–Trinajstić information content (AvgIpc) is 2.69. The van der Waals surface area contributed by atoms with E-state index in [1.54, 1.807) is 32.4 Å². The van der Waals surface area contributed by atoms with Gasteiger partial charge in [0.2, 0.25) is 11.8 Å². The molecule has 0 aromatic heterocycles. The molecule has 0 aliphatic heterocycles. The molecule has 0 radical (unpaired) electrons. The van der Waals surface area contributed by atoms with Crippen LogP contribution in [-0.2, 0) is 9.59 Å². The number of rotatable bonds is 8. The molecule has 0 unspecified atom stereocenters. The van der Waals surface area contributed by atoms with Crippen LogP contribution in [0.1, 0.15) is 18.1 Å². The highest BCUT2D eigenvalue weighted by molar-refractivity contribution is 9.10. The van der Waals surface area contributed by atoms with E-state index in [2.05, 4.69) is 21.2 Å². The van der Waals surface area contributed by atoms with Gasteiger partial charge in [-0.3, -0.25) is 9.59 Å². The first kappa shape index (κ1) is 22.5. The Morgan fingerprint density at radius 2 is 1.93 bits per heavy atom. The van der Waals surface area contributed by atoms with Crippen LogP contribution in [0, 0.1) is 6.92 Å². The molecule has 2 amide bonds. The van der Waals surface area contributed by atoms with Gasteiger partial charge in [-0.05, 0) is 61.4 Å². The van der Waals surface area contributed by atoms with Crippen LogP contribution < -0.4 is 14.8 Å². The number of nitrogens with zero attached hydrogens (tertiary/aromatic N) is 1. The van der Waals surface area contributed by atoms with Gasteiger partial charge >= 0.3 is 0 Å². The first-order chi connectivity index (χ1) is 13.8. The minimum atomic E-state index is -0.277. The van der Waals surface area contributed by atoms with Crippen molar-refractivity contribution in [2.45, 2.75) is 13.8 Å². The Morgan fingerprint density at radius 3 is 2.59 bits per heavy atom. The summed E-state index contributed by atoms with van der Waals surface area (Å²) in [4.78, 5) is 25.9. The minimum Gasteiger partial charge on any atom is -0.493 e. The molecule has 2 rings (SSSR count). The van der Waals surface area contributed by atoms with Gasteiger partial charge in [-0.25, -0.2) is 0 Å². The number of aryl methyl sites for hydroxylation is 1. The third kappa shape index (κ3) is 6.64. The molecule has 0 spiro atoms. The third-order valence-corrected chi connectivity index (χ3v) is 4.62. The smallest absolute Gasteiger partial charge is 0.246 e. The molecule has 0 atom stereocenters. The lowest BCUT2D eigenvalue weighted by Crippen LogP contribution is -2.34. The first-order valence-electron chi connectivity index (χ1n) is 9.14. The number of likely N-dealkylation sites (N-methyl/N-ethyl adjacent to an activating group) is 1. The zero-order chi connectivity index (χ0) is 21.4. The lowest BCUT2D eigenvalue weighted by molar-refractivity contribution is -0.129. The van der Waals surface area contributed by atoms with E-state index in [1.807, 2.05) is 38.1 Å². The highest BCUT2D eigenvalue weighted by atomic mass is 79.9. The summed E-state index contributed by atoms with van der Waals surface area (Å²) in [5, 5.41) is 2.82. The number of halogens is 1. The van der Waals surface area contributed by atoms with Crippen molar-refractivity contribution in [3.05, 3.63) is 58.1 Å². The minimum absolute atomic E-state index is 0.0503. The molecule has 0 heterocycles. The Balaban J connectivity index is 1.96. The zero-order valence-electron chi connectivity index (χ0n) is 17.0. The highest BCUT2D eigenvalue weighted by Crippen LogP contribution is 2.28. The molecule has 2 aromatic carbocycles. The summed E-state index contributed by atoms with van der Waals surface area (Å²) < 4.78 is 11.7. The van der Waals surface area contributed by atoms with Crippen molar-refractivity contribution < 1.29 is 19.1 Å². The van der Waals surface area contributed by atoms with Crippen LogP contribution in [0.3, 0.4) is 0 Å². The standard InChI is InChI=1S/C22H25BrN2O4/c1-5-29-19-10-6-16(13-20(19)28-4)7-11-22(27)25(3)14-21(26)24-18-9-8-17(23)12-15(18)2/h6-13H,5,14H2,1-4H3,(H,24,26)/b11-7+. The van der Waals surface area contributed by atoms with Gasteiger partial charge in [0.05, 0.1) is 20.3 Å². The molecule has 0 fully saturated rings. The number of hydrogen-bond donors (Lipinski definition) is 1. The van der Waals surface area contributed by atoms with Gasteiger partial charge in [0.15, 0.2) is 11.5 Å². The van der Waals surface area contributed by atoms with Crippen LogP contribution in [0.4, 0.5) is 5.69 Å². The Hall–Kier alpha value is -2.80. The number of nitrogens with one attached hydrogen (secondary N) is 1. The third-order valence-electron chi connectivity index (χ3n) is 4.13. The molecule has 7 heteroatoms. The van der Waals surface area contributed by atoms with E-state index in [1.165, 1.54) is 11.0 Å². The summed E-state index contributed by atoms with van der Waals surface area (Å²) in [6, 6.07) is 11.0. The molecule has 0 aliphatic rings. The molecular formula is C22H25BrN2O4. The molecule has 2 aromatic rings. The second kappa shape index (κ2) is 10.7. The molecule has 29 heavy (non-hydrogen) atoms. The number of carbonyl (C=O) groups is 2. The van der Waals surface area contributed by atoms with E-state index in [0.29, 0.717) is 18.1 Å². The van der Waals surface area contributed by atoms with Crippen LogP contribution in [0.15, 0.2) is 46.9 Å². The maximum Gasteiger partial charge on any atom is 0.246 e. The molecular weight excluding hydrogens is 436 g/mol. The van der Waals surface area contributed by atoms with E-state index >= 15 is 0 Å². The molecule has 6 nitrogen and oxygen atoms in total. The molecule has 0 saturated carbocycles. The summed E-state index contributed by atoms with van der Waals surface area (Å²) in [5.41, 5.74) is 2.45. The molecule has 0 bridgehead atoms. The fourth-order valence-electron chi connectivity index (χ4n) is 2.61. The number of ether oxygens (including phenoxy) is 2. The van der Waals surface area contributed by atoms with Crippen molar-refractivity contribution in [3.63, 3.8) is 0 Å². The number of anilines is 1. The second-order valence-electron chi connectivity index (χ2n) is 6.38. The second-order valence-corrected chi connectivity index (χ2v) is 7.29. The van der Waals surface area contributed by atoms with E-state index < -0.39 is 0 Å². The fraction of sp³-hybridized carbons (Fsp3) is 0.273. The lowest BCUT2D eigenvalue weighted by Gasteiger charge is -2.16. The highest BCUT2D eigenvalue weighted by Gasteiger charge is 2.12. The maximum absolute atomic E-state index is 12.3. The zero-order valence-corrected chi connectivity index (χ0v) is 18.6. The molecule has 154 valence electrons. The fourth-order valence-corrected chi connectivity index (χ4v) is 3.08. The summed E-state index contributed by atoms with van der Waals surface area (Å²) in [7, 11) is 3.15. The Kier molecular flexibility index (Phi) is 8.27. The number of amides is 2. The van der Waals surface area contributed by atoms with Crippen molar-refractivity contribution in [2.75, 3.05) is 32.6 Å². The monoisotopic (exact) mass is 460 g/mol. The quantitative estimate of drug-likeness (QED) is 0.597. The van der Waals surface area contributed by atoms with Gasteiger partial charge in [-0.2, -0.15) is 0 Å². The summed E-state index contributed by atoms with van der Waals surface area (Å²) in [6.45, 7) is 4.29. The van der Waals surface area contributed by atoms with Crippen LogP contribution in [0.5, 0.6) is 11.5 Å².